The van der Waals surface area contributed by atoms with Gasteiger partial charge in [-0.1, -0.05) is 35.0 Å². The van der Waals surface area contributed by atoms with Gasteiger partial charge in [0.05, 0.1) is 15.0 Å². The zero-order valence-electron chi connectivity index (χ0n) is 13.5. The van der Waals surface area contributed by atoms with Crippen LogP contribution in [0.4, 0.5) is 43.9 Å². The summed E-state index contributed by atoms with van der Waals surface area (Å²) in [4.78, 5) is 11.5. The maximum absolute atomic E-state index is 13.6. The highest BCUT2D eigenvalue weighted by molar-refractivity contribution is 8.17. The highest BCUT2D eigenvalue weighted by Crippen LogP contribution is 2.59. The number of allylic oxidation sites excluding steroid dienone is 1. The molecule has 0 bridgehead atoms. The van der Waals surface area contributed by atoms with Crippen molar-refractivity contribution in [2.45, 2.75) is 24.1 Å². The Balaban J connectivity index is 2.60. The number of nitrogens with zero attached hydrogens (tertiary/aromatic N) is 1. The first-order valence-corrected chi connectivity index (χ1v) is 8.64. The summed E-state index contributed by atoms with van der Waals surface area (Å²) in [5.74, 6) is -5.03. The molecule has 30 heavy (non-hydrogen) atoms. The molecule has 2 rings (SSSR count). The lowest BCUT2D eigenvalue weighted by Gasteiger charge is -2.31. The SMILES string of the molecule is O=C(NC1=NC(C(F)(F)F)(C(F)(F)F)/C(=C(\F)C(F)(F)F)S1)c1ccc(Cl)c(Cl)c1. The zero-order valence-corrected chi connectivity index (χ0v) is 15.9. The Labute approximate surface area is 174 Å². The monoisotopic (exact) mass is 508 g/mol. The van der Waals surface area contributed by atoms with Gasteiger partial charge in [0.25, 0.3) is 11.4 Å². The molecule has 0 aromatic heterocycles. The number of rotatable bonds is 1. The predicted molar refractivity (Wildman–Crippen MR) is 88.0 cm³/mol. The highest BCUT2D eigenvalue weighted by Gasteiger charge is 2.77. The second-order valence-electron chi connectivity index (χ2n) is 5.45. The molecule has 0 radical (unpaired) electrons. The van der Waals surface area contributed by atoms with Crippen LogP contribution >= 0.6 is 35.0 Å². The summed E-state index contributed by atoms with van der Waals surface area (Å²) >= 11 is 10.3. The van der Waals surface area contributed by atoms with Crippen LogP contribution in [0.1, 0.15) is 10.4 Å². The maximum atomic E-state index is 13.6. The van der Waals surface area contributed by atoms with Crippen molar-refractivity contribution in [3.63, 3.8) is 0 Å². The summed E-state index contributed by atoms with van der Waals surface area (Å²) in [5.41, 5.74) is -5.99. The van der Waals surface area contributed by atoms with Crippen LogP contribution < -0.4 is 5.32 Å². The van der Waals surface area contributed by atoms with Crippen LogP contribution in [0, 0.1) is 0 Å². The van der Waals surface area contributed by atoms with Crippen molar-refractivity contribution in [2.75, 3.05) is 0 Å². The topological polar surface area (TPSA) is 41.5 Å². The van der Waals surface area contributed by atoms with Crippen molar-refractivity contribution in [1.82, 2.24) is 5.32 Å². The van der Waals surface area contributed by atoms with Crippen LogP contribution in [0.15, 0.2) is 33.9 Å². The van der Waals surface area contributed by atoms with Crippen LogP contribution in [0.2, 0.25) is 10.0 Å². The second-order valence-corrected chi connectivity index (χ2v) is 7.26. The van der Waals surface area contributed by atoms with Crippen LogP contribution in [-0.4, -0.2) is 35.1 Å². The number of aliphatic imine (C=N–C) groups is 1. The molecule has 1 amide bonds. The molecule has 0 saturated carbocycles. The van der Waals surface area contributed by atoms with E-state index < -0.39 is 63.2 Å². The molecule has 1 aliphatic heterocycles. The molecule has 1 heterocycles. The van der Waals surface area contributed by atoms with Gasteiger partial charge >= 0.3 is 18.5 Å². The summed E-state index contributed by atoms with van der Waals surface area (Å²) in [5, 5.41) is -0.342. The Hall–Kier alpha value is -1.67. The van der Waals surface area contributed by atoms with Crippen LogP contribution in [0.25, 0.3) is 0 Å². The smallest absolute Gasteiger partial charge is 0.301 e. The Morgan fingerprint density at radius 3 is 1.93 bits per heavy atom. The molecule has 1 N–H and O–H groups in total. The van der Waals surface area contributed by atoms with Gasteiger partial charge in [-0.25, -0.2) is 9.38 Å². The van der Waals surface area contributed by atoms with Gasteiger partial charge in [0.1, 0.15) is 0 Å². The van der Waals surface area contributed by atoms with E-state index in [0.717, 1.165) is 18.2 Å². The molecule has 0 fully saturated rings. The molecule has 1 aromatic carbocycles. The van der Waals surface area contributed by atoms with E-state index in [1.807, 2.05) is 0 Å². The third kappa shape index (κ3) is 4.35. The predicted octanol–water partition coefficient (Wildman–Crippen LogP) is 6.43. The second kappa shape index (κ2) is 7.79. The fourth-order valence-corrected chi connectivity index (χ4v) is 3.58. The number of amidine groups is 1. The minimum absolute atomic E-state index is 0.0496. The largest absolute Gasteiger partial charge is 0.443 e. The van der Waals surface area contributed by atoms with Gasteiger partial charge in [-0.3, -0.25) is 4.79 Å². The van der Waals surface area contributed by atoms with Gasteiger partial charge in [-0.05, 0) is 18.2 Å². The van der Waals surface area contributed by atoms with E-state index in [2.05, 4.69) is 4.99 Å². The van der Waals surface area contributed by atoms with Gasteiger partial charge in [0.2, 0.25) is 5.83 Å². The first-order valence-electron chi connectivity index (χ1n) is 7.07. The van der Waals surface area contributed by atoms with Crippen molar-refractivity contribution in [3.05, 3.63) is 44.5 Å². The lowest BCUT2D eigenvalue weighted by Crippen LogP contribution is -2.55. The number of carbonyl (C=O) groups excluding carboxylic acids is 1. The van der Waals surface area contributed by atoms with Gasteiger partial charge in [-0.15, -0.1) is 0 Å². The van der Waals surface area contributed by atoms with E-state index in [0.29, 0.717) is 0 Å². The number of hydrogen-bond acceptors (Lipinski definition) is 3. The molecule has 0 saturated heterocycles. The minimum atomic E-state index is -6.52. The first kappa shape index (κ1) is 24.6. The molecule has 3 nitrogen and oxygen atoms in total. The quantitative estimate of drug-likeness (QED) is 0.444. The summed E-state index contributed by atoms with van der Waals surface area (Å²) in [6.45, 7) is 0. The Kier molecular flexibility index (Phi) is 6.38. The summed E-state index contributed by atoms with van der Waals surface area (Å²) in [6, 6.07) is 2.91. The van der Waals surface area contributed by atoms with Crippen molar-refractivity contribution < 1.29 is 48.7 Å². The molecular formula is C14H4Cl2F10N2OS. The van der Waals surface area contributed by atoms with Crippen LogP contribution in [0.5, 0.6) is 0 Å². The van der Waals surface area contributed by atoms with Crippen molar-refractivity contribution in [1.29, 1.82) is 0 Å². The molecule has 0 unspecified atom stereocenters. The fourth-order valence-electron chi connectivity index (χ4n) is 2.13. The number of carbonyl (C=O) groups is 1. The number of alkyl halides is 9. The standard InChI is InChI=1S/C14H4Cl2F10N2OS/c15-5-2-1-4(3-6(5)16)9(29)27-10-28-11(13(21,22)23,14(24,25)26)8(30-10)7(17)12(18,19)20/h1-3H,(H,27,28,29)/b8-7+. The molecule has 0 atom stereocenters. The summed E-state index contributed by atoms with van der Waals surface area (Å²) in [6.07, 6.45) is -19.2. The fraction of sp³-hybridized carbons (Fsp3) is 0.286. The zero-order chi connectivity index (χ0) is 23.3. The van der Waals surface area contributed by atoms with Gasteiger partial charge in [0.15, 0.2) is 5.17 Å². The third-order valence-corrected chi connectivity index (χ3v) is 5.27. The van der Waals surface area contributed by atoms with Gasteiger partial charge < -0.3 is 5.32 Å². The molecule has 1 aliphatic rings. The van der Waals surface area contributed by atoms with Crippen LogP contribution in [-0.2, 0) is 0 Å². The average Bonchev–Trinajstić information content (AvgIpc) is 2.95. The Morgan fingerprint density at radius 1 is 0.967 bits per heavy atom. The first-order chi connectivity index (χ1) is 13.4. The van der Waals surface area contributed by atoms with Gasteiger partial charge in [0, 0.05) is 5.56 Å². The van der Waals surface area contributed by atoms with E-state index in [9.17, 15) is 48.7 Å². The van der Waals surface area contributed by atoms with Crippen molar-refractivity contribution in [3.8, 4) is 0 Å². The lowest BCUT2D eigenvalue weighted by molar-refractivity contribution is -0.280. The maximum Gasteiger partial charge on any atom is 0.443 e. The number of benzene rings is 1. The van der Waals surface area contributed by atoms with E-state index >= 15 is 0 Å². The van der Waals surface area contributed by atoms with E-state index in [4.69, 9.17) is 23.2 Å². The molecular weight excluding hydrogens is 505 g/mol. The minimum Gasteiger partial charge on any atom is -0.301 e. The lowest BCUT2D eigenvalue weighted by atomic mass is 9.97. The van der Waals surface area contributed by atoms with E-state index in [1.165, 1.54) is 5.32 Å². The number of hydrogen-bond donors (Lipinski definition) is 1. The molecule has 0 spiro atoms. The Morgan fingerprint density at radius 2 is 1.50 bits per heavy atom. The molecule has 0 aliphatic carbocycles. The number of thioether (sulfide) groups is 1. The number of amides is 1. The summed E-state index contributed by atoms with van der Waals surface area (Å²) < 4.78 is 131. The average molecular weight is 509 g/mol. The third-order valence-electron chi connectivity index (χ3n) is 3.47. The van der Waals surface area contributed by atoms with E-state index in [-0.39, 0.29) is 10.0 Å². The van der Waals surface area contributed by atoms with Gasteiger partial charge in [-0.2, -0.15) is 39.5 Å². The number of halogens is 12. The van der Waals surface area contributed by atoms with E-state index in [1.54, 1.807) is 0 Å². The molecule has 1 aromatic rings. The van der Waals surface area contributed by atoms with Crippen LogP contribution in [0.3, 0.4) is 0 Å². The summed E-state index contributed by atoms with van der Waals surface area (Å²) in [7, 11) is 0. The normalized spacial score (nSPS) is 18.9. The van der Waals surface area contributed by atoms with Crippen molar-refractivity contribution in [2.24, 2.45) is 4.99 Å². The molecule has 166 valence electrons. The molecule has 16 heteroatoms. The Bertz CT molecular complexity index is 922. The van der Waals surface area contributed by atoms with Crippen molar-refractivity contribution >= 4 is 46.0 Å². The highest BCUT2D eigenvalue weighted by atomic mass is 35.5. The number of nitrogens with one attached hydrogen (secondary N) is 1.